The van der Waals surface area contributed by atoms with Gasteiger partial charge in [-0.1, -0.05) is 0 Å². The van der Waals surface area contributed by atoms with E-state index in [0.29, 0.717) is 17.8 Å². The van der Waals surface area contributed by atoms with E-state index < -0.39 is 17.0 Å². The molecule has 1 aromatic carbocycles. The molecule has 1 aliphatic rings. The average molecular weight is 288 g/mol. The Morgan fingerprint density at radius 2 is 2.29 bits per heavy atom. The Bertz CT molecular complexity index is 878. The van der Waals surface area contributed by atoms with Crippen LogP contribution in [0.1, 0.15) is 17.3 Å². The van der Waals surface area contributed by atoms with E-state index >= 15 is 0 Å². The Balaban J connectivity index is 2.56. The molecule has 21 heavy (non-hydrogen) atoms. The Hall–Kier alpha value is -3.08. The molecule has 8 nitrogen and oxygen atoms in total. The SMILES string of the molecule is CCn1cc(C(=O)O)c(=O)c2c([N+]#N)c3c(cc21)OCO3. The number of hydrogen-bond acceptors (Lipinski definition) is 5. The first-order valence-electron chi connectivity index (χ1n) is 6.16. The van der Waals surface area contributed by atoms with Crippen molar-refractivity contribution in [2.24, 2.45) is 0 Å². The lowest BCUT2D eigenvalue weighted by molar-refractivity contribution is 0.0695. The Morgan fingerprint density at radius 3 is 2.90 bits per heavy atom. The smallest absolute Gasteiger partial charge is 0.443 e. The minimum absolute atomic E-state index is 0.0106. The second kappa shape index (κ2) is 4.49. The fraction of sp³-hybridized carbons (Fsp3) is 0.231. The first kappa shape index (κ1) is 12.9. The molecule has 1 N–H and O–H groups in total. The highest BCUT2D eigenvalue weighted by Crippen LogP contribution is 2.45. The summed E-state index contributed by atoms with van der Waals surface area (Å²) in [6.07, 6.45) is 1.26. The molecule has 0 saturated heterocycles. The van der Waals surface area contributed by atoms with Gasteiger partial charge in [0.25, 0.3) is 5.75 Å². The van der Waals surface area contributed by atoms with Gasteiger partial charge in [-0.3, -0.25) is 4.79 Å². The van der Waals surface area contributed by atoms with Gasteiger partial charge in [0.1, 0.15) is 10.9 Å². The van der Waals surface area contributed by atoms with E-state index in [0.717, 1.165) is 0 Å². The zero-order valence-electron chi connectivity index (χ0n) is 11.0. The summed E-state index contributed by atoms with van der Waals surface area (Å²) in [5.74, 6) is -0.863. The number of fused-ring (bicyclic) bond motifs is 2. The molecule has 0 fully saturated rings. The van der Waals surface area contributed by atoms with Gasteiger partial charge in [0, 0.05) is 18.8 Å². The summed E-state index contributed by atoms with van der Waals surface area (Å²) in [6.45, 7) is 2.18. The number of benzene rings is 1. The van der Waals surface area contributed by atoms with Gasteiger partial charge in [-0.05, 0) is 6.92 Å². The average Bonchev–Trinajstić information content (AvgIpc) is 2.93. The minimum Gasteiger partial charge on any atom is -0.477 e. The first-order chi connectivity index (χ1) is 10.1. The van der Waals surface area contributed by atoms with Crippen molar-refractivity contribution in [3.05, 3.63) is 33.0 Å². The summed E-state index contributed by atoms with van der Waals surface area (Å²) in [6, 6.07) is 1.57. The number of aromatic nitrogens is 1. The largest absolute Gasteiger partial charge is 0.477 e. The molecule has 0 atom stereocenters. The molecule has 0 radical (unpaired) electrons. The molecule has 2 aromatic rings. The molecule has 1 aliphatic heterocycles. The van der Waals surface area contributed by atoms with Crippen molar-refractivity contribution in [2.75, 3.05) is 6.79 Å². The predicted molar refractivity (Wildman–Crippen MR) is 71.7 cm³/mol. The van der Waals surface area contributed by atoms with Crippen LogP contribution < -0.4 is 14.9 Å². The second-order valence-electron chi connectivity index (χ2n) is 4.42. The fourth-order valence-electron chi connectivity index (χ4n) is 2.39. The lowest BCUT2D eigenvalue weighted by Gasteiger charge is -2.09. The van der Waals surface area contributed by atoms with E-state index in [4.69, 9.17) is 14.6 Å². The molecule has 3 rings (SSSR count). The maximum absolute atomic E-state index is 12.4. The molecule has 0 unspecified atom stereocenters. The van der Waals surface area contributed by atoms with Crippen molar-refractivity contribution >= 4 is 22.6 Å². The van der Waals surface area contributed by atoms with Crippen molar-refractivity contribution < 1.29 is 19.4 Å². The summed E-state index contributed by atoms with van der Waals surface area (Å²) in [4.78, 5) is 26.7. The number of aryl methyl sites for hydroxylation is 1. The van der Waals surface area contributed by atoms with Gasteiger partial charge < -0.3 is 19.1 Å². The molecule has 8 heteroatoms. The van der Waals surface area contributed by atoms with Crippen LogP contribution in [0, 0.1) is 5.39 Å². The highest BCUT2D eigenvalue weighted by Gasteiger charge is 2.33. The zero-order valence-corrected chi connectivity index (χ0v) is 11.0. The third-order valence-electron chi connectivity index (χ3n) is 3.35. The fourth-order valence-corrected chi connectivity index (χ4v) is 2.39. The number of carboxylic acids is 1. The van der Waals surface area contributed by atoms with Gasteiger partial charge in [-0.2, -0.15) is 0 Å². The number of diazo groups is 1. The maximum atomic E-state index is 12.4. The molecule has 0 amide bonds. The van der Waals surface area contributed by atoms with Crippen molar-refractivity contribution in [2.45, 2.75) is 13.5 Å². The van der Waals surface area contributed by atoms with Gasteiger partial charge in [0.05, 0.1) is 5.52 Å². The molecule has 0 spiro atoms. The van der Waals surface area contributed by atoms with Crippen LogP contribution in [-0.4, -0.2) is 22.4 Å². The highest BCUT2D eigenvalue weighted by atomic mass is 16.7. The van der Waals surface area contributed by atoms with Gasteiger partial charge in [-0.15, -0.1) is 0 Å². The van der Waals surface area contributed by atoms with E-state index in [1.165, 1.54) is 6.20 Å². The van der Waals surface area contributed by atoms with Gasteiger partial charge in [0.15, 0.2) is 10.7 Å². The van der Waals surface area contributed by atoms with E-state index in [1.807, 2.05) is 0 Å². The number of carbonyl (C=O) groups is 1. The monoisotopic (exact) mass is 288 g/mol. The molecular weight excluding hydrogens is 278 g/mol. The second-order valence-corrected chi connectivity index (χ2v) is 4.42. The predicted octanol–water partition coefficient (Wildman–Crippen LogP) is 1.93. The number of aromatic carboxylic acids is 1. The number of nitrogens with zero attached hydrogens (tertiary/aromatic N) is 3. The Kier molecular flexibility index (Phi) is 2.76. The van der Waals surface area contributed by atoms with E-state index in [2.05, 4.69) is 4.98 Å². The molecular formula is C13H10N3O5+. The Labute approximate surface area is 117 Å². The summed E-state index contributed by atoms with van der Waals surface area (Å²) < 4.78 is 12.0. The normalized spacial score (nSPS) is 12.4. The maximum Gasteiger partial charge on any atom is 0.443 e. The number of ether oxygens (including phenoxy) is 2. The van der Waals surface area contributed by atoms with Crippen LogP contribution in [0.3, 0.4) is 0 Å². The lowest BCUT2D eigenvalue weighted by atomic mass is 10.1. The number of rotatable bonds is 2. The van der Waals surface area contributed by atoms with Crippen molar-refractivity contribution in [1.29, 1.82) is 5.39 Å². The summed E-state index contributed by atoms with van der Waals surface area (Å²) in [5, 5.41) is 18.3. The van der Waals surface area contributed by atoms with Crippen LogP contribution in [0.4, 0.5) is 5.69 Å². The van der Waals surface area contributed by atoms with Crippen molar-refractivity contribution in [3.8, 4) is 11.5 Å². The van der Waals surface area contributed by atoms with Crippen LogP contribution in [0.25, 0.3) is 15.9 Å². The highest BCUT2D eigenvalue weighted by molar-refractivity contribution is 6.01. The van der Waals surface area contributed by atoms with E-state index in [9.17, 15) is 15.0 Å². The first-order valence-corrected chi connectivity index (χ1v) is 6.16. The lowest BCUT2D eigenvalue weighted by Crippen LogP contribution is -2.18. The third-order valence-corrected chi connectivity index (χ3v) is 3.35. The Morgan fingerprint density at radius 1 is 1.52 bits per heavy atom. The van der Waals surface area contributed by atoms with Gasteiger partial charge in [0.2, 0.25) is 17.6 Å². The molecule has 1 aromatic heterocycles. The summed E-state index contributed by atoms with van der Waals surface area (Å²) >= 11 is 0. The molecule has 2 heterocycles. The zero-order chi connectivity index (χ0) is 15.1. The van der Waals surface area contributed by atoms with Crippen molar-refractivity contribution in [1.82, 2.24) is 4.57 Å². The topological polar surface area (TPSA) is 106 Å². The minimum atomic E-state index is -1.34. The van der Waals surface area contributed by atoms with Crippen LogP contribution in [-0.2, 0) is 6.54 Å². The number of carboxylic acid groups (broad SMARTS) is 1. The summed E-state index contributed by atoms with van der Waals surface area (Å²) in [5.41, 5.74) is -0.818. The van der Waals surface area contributed by atoms with Gasteiger partial charge >= 0.3 is 11.7 Å². The van der Waals surface area contributed by atoms with Gasteiger partial charge in [-0.25, -0.2) is 4.79 Å². The standard InChI is InChI=1S/C13H9N3O5/c1-2-16-4-6(13(18)19)11(17)9-7(16)3-8-12(10(9)15-14)21-5-20-8/h3-4H,2,5H2,1H3/p+1. The summed E-state index contributed by atoms with van der Waals surface area (Å²) in [7, 11) is 0. The van der Waals surface area contributed by atoms with Crippen molar-refractivity contribution in [3.63, 3.8) is 0 Å². The molecule has 0 saturated carbocycles. The molecule has 0 bridgehead atoms. The quantitative estimate of drug-likeness (QED) is 0.846. The van der Waals surface area contributed by atoms with E-state index in [1.54, 1.807) is 17.6 Å². The van der Waals surface area contributed by atoms with Crippen LogP contribution in [0.15, 0.2) is 17.1 Å². The van der Waals surface area contributed by atoms with E-state index in [-0.39, 0.29) is 23.6 Å². The van der Waals surface area contributed by atoms with Crippen LogP contribution >= 0.6 is 0 Å². The number of hydrogen-bond donors (Lipinski definition) is 1. The van der Waals surface area contributed by atoms with Crippen LogP contribution in [0.2, 0.25) is 0 Å². The number of pyridine rings is 1. The molecule has 106 valence electrons. The van der Waals surface area contributed by atoms with Crippen LogP contribution in [0.5, 0.6) is 11.5 Å². The molecule has 0 aliphatic carbocycles. The third kappa shape index (κ3) is 1.71.